The molecule has 0 saturated carbocycles. The van der Waals surface area contributed by atoms with E-state index in [-0.39, 0.29) is 26.7 Å². The Morgan fingerprint density at radius 3 is 2.44 bits per heavy atom. The van der Waals surface area contributed by atoms with Crippen molar-refractivity contribution in [2.24, 2.45) is 0 Å². The van der Waals surface area contributed by atoms with Crippen LogP contribution in [0.4, 0.5) is 5.69 Å². The highest BCUT2D eigenvalue weighted by Gasteiger charge is 2.29. The summed E-state index contributed by atoms with van der Waals surface area (Å²) in [5.41, 5.74) is 0.127. The third kappa shape index (κ3) is 5.35. The van der Waals surface area contributed by atoms with Gasteiger partial charge in [0.25, 0.3) is 10.0 Å². The number of rotatable bonds is 8. The number of anilines is 1. The summed E-state index contributed by atoms with van der Waals surface area (Å²) in [5.74, 6) is -0.491. The number of sulfonamides is 1. The molecule has 27 heavy (non-hydrogen) atoms. The van der Waals surface area contributed by atoms with Gasteiger partial charge in [-0.3, -0.25) is 9.10 Å². The molecule has 2 aromatic carbocycles. The van der Waals surface area contributed by atoms with Crippen LogP contribution in [0.1, 0.15) is 6.92 Å². The topological polar surface area (TPSA) is 75.7 Å². The molecule has 0 spiro atoms. The van der Waals surface area contributed by atoms with Crippen LogP contribution in [0.3, 0.4) is 0 Å². The molecule has 0 unspecified atom stereocenters. The number of nitrogens with zero attached hydrogens (tertiary/aromatic N) is 1. The second-order valence-corrected chi connectivity index (χ2v) is 8.47. The maximum atomic E-state index is 13.2. The monoisotopic (exact) mass is 430 g/mol. The predicted octanol–water partition coefficient (Wildman–Crippen LogP) is 3.34. The van der Waals surface area contributed by atoms with Gasteiger partial charge in [0, 0.05) is 13.2 Å². The fourth-order valence-electron chi connectivity index (χ4n) is 2.45. The molecule has 146 valence electrons. The molecule has 1 N–H and O–H groups in total. The van der Waals surface area contributed by atoms with E-state index in [1.54, 1.807) is 37.3 Å². The van der Waals surface area contributed by atoms with Crippen LogP contribution in [0.5, 0.6) is 0 Å². The van der Waals surface area contributed by atoms with Crippen molar-refractivity contribution in [3.05, 3.63) is 58.6 Å². The number of amides is 1. The SMILES string of the molecule is COC[C@H](C)NC(=O)CN(c1cccc(Cl)c1Cl)S(=O)(=O)c1ccccc1. The number of hydrogen-bond donors (Lipinski definition) is 1. The molecule has 0 radical (unpaired) electrons. The highest BCUT2D eigenvalue weighted by molar-refractivity contribution is 7.92. The van der Waals surface area contributed by atoms with Crippen molar-refractivity contribution >= 4 is 44.8 Å². The molecule has 9 heteroatoms. The zero-order valence-electron chi connectivity index (χ0n) is 14.9. The quantitative estimate of drug-likeness (QED) is 0.696. The van der Waals surface area contributed by atoms with E-state index in [9.17, 15) is 13.2 Å². The number of nitrogens with one attached hydrogen (secondary N) is 1. The van der Waals surface area contributed by atoms with E-state index < -0.39 is 22.5 Å². The average molecular weight is 431 g/mol. The van der Waals surface area contributed by atoms with Crippen molar-refractivity contribution < 1.29 is 17.9 Å². The van der Waals surface area contributed by atoms with E-state index >= 15 is 0 Å². The van der Waals surface area contributed by atoms with Crippen molar-refractivity contribution in [1.29, 1.82) is 0 Å². The Morgan fingerprint density at radius 1 is 1.15 bits per heavy atom. The first-order valence-corrected chi connectivity index (χ1v) is 10.3. The van der Waals surface area contributed by atoms with E-state index in [1.165, 1.54) is 25.3 Å². The summed E-state index contributed by atoms with van der Waals surface area (Å²) in [5, 5.41) is 2.94. The minimum atomic E-state index is -4.04. The van der Waals surface area contributed by atoms with E-state index in [2.05, 4.69) is 5.32 Å². The molecule has 6 nitrogen and oxygen atoms in total. The lowest BCUT2D eigenvalue weighted by Crippen LogP contribution is -2.44. The Labute approximate surface area is 169 Å². The molecule has 0 aromatic heterocycles. The molecule has 0 aliphatic carbocycles. The van der Waals surface area contributed by atoms with Crippen LogP contribution in [0.2, 0.25) is 10.0 Å². The molecular formula is C18H20Cl2N2O4S. The predicted molar refractivity (Wildman–Crippen MR) is 107 cm³/mol. The van der Waals surface area contributed by atoms with Gasteiger partial charge in [-0.2, -0.15) is 0 Å². The van der Waals surface area contributed by atoms with Gasteiger partial charge in [-0.05, 0) is 31.2 Å². The lowest BCUT2D eigenvalue weighted by molar-refractivity contribution is -0.120. The highest BCUT2D eigenvalue weighted by atomic mass is 35.5. The Balaban J connectivity index is 2.43. The van der Waals surface area contributed by atoms with Crippen molar-refractivity contribution in [3.8, 4) is 0 Å². The number of methoxy groups -OCH3 is 1. The number of carbonyl (C=O) groups is 1. The fourth-order valence-corrected chi connectivity index (χ4v) is 4.35. The Morgan fingerprint density at radius 2 is 1.81 bits per heavy atom. The lowest BCUT2D eigenvalue weighted by Gasteiger charge is -2.26. The van der Waals surface area contributed by atoms with Gasteiger partial charge >= 0.3 is 0 Å². The molecule has 0 saturated heterocycles. The van der Waals surface area contributed by atoms with Crippen molar-refractivity contribution in [2.75, 3.05) is 24.6 Å². The summed E-state index contributed by atoms with van der Waals surface area (Å²) >= 11 is 12.3. The number of hydrogen-bond acceptors (Lipinski definition) is 4. The summed E-state index contributed by atoms with van der Waals surface area (Å²) in [6, 6.07) is 12.1. The highest BCUT2D eigenvalue weighted by Crippen LogP contribution is 2.35. The van der Waals surface area contributed by atoms with Crippen molar-refractivity contribution in [3.63, 3.8) is 0 Å². The zero-order chi connectivity index (χ0) is 20.0. The fraction of sp³-hybridized carbons (Fsp3) is 0.278. The first kappa shape index (κ1) is 21.5. The van der Waals surface area contributed by atoms with Gasteiger partial charge in [0.05, 0.1) is 27.2 Å². The Bertz CT molecular complexity index is 891. The van der Waals surface area contributed by atoms with Crippen LogP contribution >= 0.6 is 23.2 Å². The molecule has 1 atom stereocenters. The van der Waals surface area contributed by atoms with Crippen LogP contribution in [0.25, 0.3) is 0 Å². The molecule has 0 heterocycles. The van der Waals surface area contributed by atoms with E-state index in [4.69, 9.17) is 27.9 Å². The number of ether oxygens (including phenoxy) is 1. The van der Waals surface area contributed by atoms with E-state index in [0.717, 1.165) is 4.31 Å². The van der Waals surface area contributed by atoms with Crippen molar-refractivity contribution in [1.82, 2.24) is 5.32 Å². The molecule has 0 fully saturated rings. The lowest BCUT2D eigenvalue weighted by atomic mass is 10.3. The van der Waals surface area contributed by atoms with Crippen LogP contribution in [0.15, 0.2) is 53.4 Å². The van der Waals surface area contributed by atoms with Crippen molar-refractivity contribution in [2.45, 2.75) is 17.9 Å². The van der Waals surface area contributed by atoms with Crippen LogP contribution in [-0.4, -0.2) is 40.6 Å². The number of benzene rings is 2. The summed E-state index contributed by atoms with van der Waals surface area (Å²) in [7, 11) is -2.52. The number of carbonyl (C=O) groups excluding carboxylic acids is 1. The van der Waals surface area contributed by atoms with Gasteiger partial charge in [0.1, 0.15) is 6.54 Å². The summed E-state index contributed by atoms with van der Waals surface area (Å²) in [4.78, 5) is 12.5. The largest absolute Gasteiger partial charge is 0.383 e. The first-order valence-electron chi connectivity index (χ1n) is 8.07. The van der Waals surface area contributed by atoms with Crippen LogP contribution in [-0.2, 0) is 19.6 Å². The standard InChI is InChI=1S/C18H20Cl2N2O4S/c1-13(12-26-2)21-17(23)11-22(16-10-6-9-15(19)18(16)20)27(24,25)14-7-4-3-5-8-14/h3-10,13H,11-12H2,1-2H3,(H,21,23)/t13-/m0/s1. The van der Waals surface area contributed by atoms with Gasteiger partial charge in [-0.15, -0.1) is 0 Å². The minimum Gasteiger partial charge on any atom is -0.383 e. The average Bonchev–Trinajstić information content (AvgIpc) is 2.63. The molecule has 0 aliphatic heterocycles. The third-order valence-corrected chi connectivity index (χ3v) is 6.23. The Kier molecular flexibility index (Phi) is 7.49. The minimum absolute atomic E-state index is 0.0405. The first-order chi connectivity index (χ1) is 12.8. The van der Waals surface area contributed by atoms with Gasteiger partial charge < -0.3 is 10.1 Å². The van der Waals surface area contributed by atoms with Gasteiger partial charge in [0.15, 0.2) is 0 Å². The van der Waals surface area contributed by atoms with Crippen LogP contribution in [0, 0.1) is 0 Å². The summed E-state index contributed by atoms with van der Waals surface area (Å²) < 4.78 is 32.3. The maximum Gasteiger partial charge on any atom is 0.264 e. The Hall–Kier alpha value is -1.80. The molecule has 0 bridgehead atoms. The van der Waals surface area contributed by atoms with Gasteiger partial charge in [-0.25, -0.2) is 8.42 Å². The molecule has 2 rings (SSSR count). The molecule has 2 aromatic rings. The number of halogens is 2. The van der Waals surface area contributed by atoms with E-state index in [0.29, 0.717) is 6.61 Å². The van der Waals surface area contributed by atoms with Gasteiger partial charge in [-0.1, -0.05) is 47.5 Å². The molecular weight excluding hydrogens is 411 g/mol. The maximum absolute atomic E-state index is 13.2. The summed E-state index contributed by atoms with van der Waals surface area (Å²) in [6.45, 7) is 1.60. The summed E-state index contributed by atoms with van der Waals surface area (Å²) in [6.07, 6.45) is 0. The third-order valence-electron chi connectivity index (χ3n) is 3.64. The second-order valence-electron chi connectivity index (χ2n) is 5.82. The normalized spacial score (nSPS) is 12.4. The van der Waals surface area contributed by atoms with E-state index in [1.807, 2.05) is 0 Å². The smallest absolute Gasteiger partial charge is 0.264 e. The van der Waals surface area contributed by atoms with Crippen LogP contribution < -0.4 is 9.62 Å². The molecule has 0 aliphatic rings. The zero-order valence-corrected chi connectivity index (χ0v) is 17.2. The molecule has 1 amide bonds. The van der Waals surface area contributed by atoms with Gasteiger partial charge in [0.2, 0.25) is 5.91 Å². The second kappa shape index (κ2) is 9.41.